The number of carbonyl (C=O) groups excluding carboxylic acids is 1. The van der Waals surface area contributed by atoms with E-state index >= 15 is 0 Å². The first-order valence-electron chi connectivity index (χ1n) is 5.07. The molecule has 0 aliphatic carbocycles. The van der Waals surface area contributed by atoms with Gasteiger partial charge >= 0.3 is 5.97 Å². The van der Waals surface area contributed by atoms with Crippen LogP contribution in [0.3, 0.4) is 0 Å². The van der Waals surface area contributed by atoms with Crippen molar-refractivity contribution in [2.45, 2.75) is 37.3 Å². The fourth-order valence-electron chi connectivity index (χ4n) is 1.20. The molecule has 0 N–H and O–H groups in total. The second-order valence-electron chi connectivity index (χ2n) is 4.57. The molecule has 0 aliphatic heterocycles. The predicted octanol–water partition coefficient (Wildman–Crippen LogP) is 3.07. The molecule has 0 aromatic carbocycles. The smallest absolute Gasteiger partial charge is 0.357 e. The Kier molecular flexibility index (Phi) is 3.97. The summed E-state index contributed by atoms with van der Waals surface area (Å²) in [5.74, 6) is -0.383. The van der Waals surface area contributed by atoms with Gasteiger partial charge in [-0.2, -0.15) is 0 Å². The quantitative estimate of drug-likeness (QED) is 0.587. The summed E-state index contributed by atoms with van der Waals surface area (Å²) in [7, 11) is 1.37. The molecule has 0 radical (unpaired) electrons. The van der Waals surface area contributed by atoms with E-state index in [1.54, 1.807) is 18.0 Å². The van der Waals surface area contributed by atoms with Crippen LogP contribution in [0, 0.1) is 6.92 Å². The number of hydrogen-bond acceptors (Lipinski definition) is 4. The van der Waals surface area contributed by atoms with Crippen LogP contribution in [0.15, 0.2) is 17.2 Å². The first-order chi connectivity index (χ1) is 7.33. The van der Waals surface area contributed by atoms with Crippen molar-refractivity contribution in [2.24, 2.45) is 0 Å². The number of aryl methyl sites for hydroxylation is 1. The minimum atomic E-state index is -0.383. The summed E-state index contributed by atoms with van der Waals surface area (Å²) in [6.07, 6.45) is 1.68. The van der Waals surface area contributed by atoms with Crippen molar-refractivity contribution in [3.05, 3.63) is 23.5 Å². The molecular weight excluding hydrogens is 222 g/mol. The Balaban J connectivity index is 3.13. The number of thioether (sulfide) groups is 1. The average Bonchev–Trinajstić information content (AvgIpc) is 2.14. The van der Waals surface area contributed by atoms with Crippen LogP contribution >= 0.6 is 11.8 Å². The molecule has 0 saturated carbocycles. The third-order valence-electron chi connectivity index (χ3n) is 1.78. The molecule has 0 aliphatic rings. The van der Waals surface area contributed by atoms with Crippen molar-refractivity contribution in [1.82, 2.24) is 4.98 Å². The summed E-state index contributed by atoms with van der Waals surface area (Å²) < 4.78 is 4.76. The Morgan fingerprint density at radius 1 is 1.44 bits per heavy atom. The summed E-state index contributed by atoms with van der Waals surface area (Å²) in [6, 6.07) is 1.97. The van der Waals surface area contributed by atoms with Gasteiger partial charge in [-0.15, -0.1) is 11.8 Å². The van der Waals surface area contributed by atoms with Crippen molar-refractivity contribution in [3.8, 4) is 0 Å². The summed E-state index contributed by atoms with van der Waals surface area (Å²) in [4.78, 5) is 16.5. The van der Waals surface area contributed by atoms with E-state index in [9.17, 15) is 4.79 Å². The molecule has 0 atom stereocenters. The third kappa shape index (κ3) is 3.52. The van der Waals surface area contributed by atoms with E-state index in [0.29, 0.717) is 5.69 Å². The average molecular weight is 239 g/mol. The standard InChI is InChI=1S/C12H17NO2S/c1-8-6-9(16-12(2,3)4)10(13-7-8)11(14)15-5/h6-7H,1-5H3. The van der Waals surface area contributed by atoms with Crippen LogP contribution in [-0.2, 0) is 4.74 Å². The number of methoxy groups -OCH3 is 1. The summed E-state index contributed by atoms with van der Waals surface area (Å²) in [5.41, 5.74) is 1.44. The minimum absolute atomic E-state index is 0.0399. The number of nitrogens with zero attached hydrogens (tertiary/aromatic N) is 1. The van der Waals surface area contributed by atoms with Crippen LogP contribution in [0.2, 0.25) is 0 Å². The Morgan fingerprint density at radius 3 is 2.56 bits per heavy atom. The van der Waals surface area contributed by atoms with Crippen molar-refractivity contribution in [1.29, 1.82) is 0 Å². The fraction of sp³-hybridized carbons (Fsp3) is 0.500. The van der Waals surface area contributed by atoms with Crippen LogP contribution in [0.4, 0.5) is 0 Å². The maximum Gasteiger partial charge on any atom is 0.357 e. The Morgan fingerprint density at radius 2 is 2.06 bits per heavy atom. The molecule has 1 heterocycles. The van der Waals surface area contributed by atoms with Crippen molar-refractivity contribution < 1.29 is 9.53 Å². The lowest BCUT2D eigenvalue weighted by atomic mass is 10.2. The Bertz CT molecular complexity index is 396. The van der Waals surface area contributed by atoms with Gasteiger partial charge in [-0.05, 0) is 18.6 Å². The van der Waals surface area contributed by atoms with Crippen molar-refractivity contribution >= 4 is 17.7 Å². The zero-order chi connectivity index (χ0) is 12.3. The highest BCUT2D eigenvalue weighted by molar-refractivity contribution is 8.00. The molecule has 1 rings (SSSR count). The molecule has 3 nitrogen and oxygen atoms in total. The molecule has 16 heavy (non-hydrogen) atoms. The van der Waals surface area contributed by atoms with Crippen LogP contribution in [0.1, 0.15) is 36.8 Å². The zero-order valence-corrected chi connectivity index (χ0v) is 11.1. The van der Waals surface area contributed by atoms with Gasteiger partial charge in [-0.3, -0.25) is 0 Å². The molecule has 88 valence electrons. The van der Waals surface area contributed by atoms with E-state index < -0.39 is 0 Å². The lowest BCUT2D eigenvalue weighted by molar-refractivity contribution is 0.0589. The molecule has 1 aromatic rings. The fourth-order valence-corrected chi connectivity index (χ4v) is 2.34. The summed E-state index contributed by atoms with van der Waals surface area (Å²) >= 11 is 1.62. The number of rotatable bonds is 2. The van der Waals surface area contributed by atoms with Crippen molar-refractivity contribution in [3.63, 3.8) is 0 Å². The normalized spacial score (nSPS) is 11.3. The lowest BCUT2D eigenvalue weighted by Gasteiger charge is -2.19. The molecule has 0 amide bonds. The first kappa shape index (κ1) is 13.0. The number of ether oxygens (including phenoxy) is 1. The monoisotopic (exact) mass is 239 g/mol. The topological polar surface area (TPSA) is 39.2 Å². The molecule has 0 spiro atoms. The lowest BCUT2D eigenvalue weighted by Crippen LogP contribution is -2.12. The maximum atomic E-state index is 11.5. The van der Waals surface area contributed by atoms with Crippen LogP contribution < -0.4 is 0 Å². The number of aromatic nitrogens is 1. The van der Waals surface area contributed by atoms with Crippen molar-refractivity contribution in [2.75, 3.05) is 7.11 Å². The van der Waals surface area contributed by atoms with Gasteiger partial charge in [0, 0.05) is 15.8 Å². The molecule has 4 heteroatoms. The molecule has 0 saturated heterocycles. The summed E-state index contributed by atoms with van der Waals surface area (Å²) in [5, 5.41) is 0. The Hall–Kier alpha value is -1.03. The van der Waals surface area contributed by atoms with Crippen LogP contribution in [0.5, 0.6) is 0 Å². The molecule has 0 unspecified atom stereocenters. The van der Waals surface area contributed by atoms with E-state index in [0.717, 1.165) is 10.5 Å². The van der Waals surface area contributed by atoms with E-state index in [1.807, 2.05) is 13.0 Å². The van der Waals surface area contributed by atoms with Gasteiger partial charge in [-0.1, -0.05) is 20.8 Å². The number of carbonyl (C=O) groups is 1. The number of pyridine rings is 1. The van der Waals surface area contributed by atoms with E-state index in [4.69, 9.17) is 4.74 Å². The highest BCUT2D eigenvalue weighted by Gasteiger charge is 2.20. The minimum Gasteiger partial charge on any atom is -0.464 e. The number of hydrogen-bond donors (Lipinski definition) is 0. The van der Waals surface area contributed by atoms with Crippen LogP contribution in [0.25, 0.3) is 0 Å². The zero-order valence-electron chi connectivity index (χ0n) is 10.3. The van der Waals surface area contributed by atoms with Gasteiger partial charge in [-0.25, -0.2) is 9.78 Å². The Labute approximate surface area is 101 Å². The highest BCUT2D eigenvalue weighted by Crippen LogP contribution is 2.34. The third-order valence-corrected chi connectivity index (χ3v) is 2.93. The largest absolute Gasteiger partial charge is 0.464 e. The highest BCUT2D eigenvalue weighted by atomic mass is 32.2. The SMILES string of the molecule is COC(=O)c1ncc(C)cc1SC(C)(C)C. The summed E-state index contributed by atoms with van der Waals surface area (Å²) in [6.45, 7) is 8.25. The van der Waals surface area contributed by atoms with Gasteiger partial charge in [0.05, 0.1) is 7.11 Å². The van der Waals surface area contributed by atoms with Gasteiger partial charge in [0.15, 0.2) is 5.69 Å². The predicted molar refractivity (Wildman–Crippen MR) is 65.9 cm³/mol. The molecule has 0 fully saturated rings. The van der Waals surface area contributed by atoms with E-state index in [2.05, 4.69) is 25.8 Å². The second kappa shape index (κ2) is 4.87. The number of esters is 1. The van der Waals surface area contributed by atoms with E-state index in [-0.39, 0.29) is 10.7 Å². The van der Waals surface area contributed by atoms with Gasteiger partial charge in [0.2, 0.25) is 0 Å². The van der Waals surface area contributed by atoms with Gasteiger partial charge < -0.3 is 4.74 Å². The molecule has 1 aromatic heterocycles. The van der Waals surface area contributed by atoms with E-state index in [1.165, 1.54) is 7.11 Å². The molecular formula is C12H17NO2S. The van der Waals surface area contributed by atoms with Gasteiger partial charge in [0.1, 0.15) is 0 Å². The molecule has 0 bridgehead atoms. The van der Waals surface area contributed by atoms with Crippen LogP contribution in [-0.4, -0.2) is 22.8 Å². The first-order valence-corrected chi connectivity index (χ1v) is 5.89. The second-order valence-corrected chi connectivity index (χ2v) is 6.43. The maximum absolute atomic E-state index is 11.5. The van der Waals surface area contributed by atoms with Gasteiger partial charge in [0.25, 0.3) is 0 Å².